The number of anilines is 1. The van der Waals surface area contributed by atoms with Crippen molar-refractivity contribution >= 4 is 29.3 Å². The fourth-order valence-electron chi connectivity index (χ4n) is 3.47. The van der Waals surface area contributed by atoms with Gasteiger partial charge in [-0.05, 0) is 56.0 Å². The summed E-state index contributed by atoms with van der Waals surface area (Å²) in [5.41, 5.74) is 3.56. The first-order chi connectivity index (χ1) is 15.8. The highest BCUT2D eigenvalue weighted by Crippen LogP contribution is 2.22. The second kappa shape index (κ2) is 11.1. The maximum Gasteiger partial charge on any atom is 0.252 e. The summed E-state index contributed by atoms with van der Waals surface area (Å²) >= 11 is 1.33. The Bertz CT molecular complexity index is 1110. The smallest absolute Gasteiger partial charge is 0.252 e. The van der Waals surface area contributed by atoms with Crippen molar-refractivity contribution < 1.29 is 9.59 Å². The van der Waals surface area contributed by atoms with Gasteiger partial charge >= 0.3 is 0 Å². The topological polar surface area (TPSA) is 88.9 Å². The minimum absolute atomic E-state index is 0.106. The van der Waals surface area contributed by atoms with Gasteiger partial charge in [0.15, 0.2) is 11.0 Å². The van der Waals surface area contributed by atoms with Gasteiger partial charge in [0.25, 0.3) is 5.91 Å². The summed E-state index contributed by atoms with van der Waals surface area (Å²) in [4.78, 5) is 25.1. The van der Waals surface area contributed by atoms with Crippen LogP contribution in [-0.4, -0.2) is 32.3 Å². The van der Waals surface area contributed by atoms with Crippen LogP contribution >= 0.6 is 11.8 Å². The lowest BCUT2D eigenvalue weighted by Gasteiger charge is -2.16. The minimum atomic E-state index is -0.327. The average molecular weight is 466 g/mol. The van der Waals surface area contributed by atoms with E-state index >= 15 is 0 Å². The number of aromatic nitrogens is 3. The van der Waals surface area contributed by atoms with Crippen LogP contribution in [-0.2, 0) is 11.3 Å². The molecular weight excluding hydrogens is 434 g/mol. The Morgan fingerprint density at radius 2 is 1.73 bits per heavy atom. The van der Waals surface area contributed by atoms with Crippen LogP contribution in [0, 0.1) is 6.92 Å². The summed E-state index contributed by atoms with van der Waals surface area (Å²) in [6.07, 6.45) is 0. The maximum absolute atomic E-state index is 12.7. The monoisotopic (exact) mass is 465 g/mol. The fraction of sp³-hybridized carbons (Fsp3) is 0.360. The van der Waals surface area contributed by atoms with Gasteiger partial charge in [0, 0.05) is 17.8 Å². The lowest BCUT2D eigenvalue weighted by atomic mass is 10.0. The molecule has 2 aromatic carbocycles. The molecule has 0 radical (unpaired) electrons. The van der Waals surface area contributed by atoms with Gasteiger partial charge in [-0.3, -0.25) is 9.59 Å². The van der Waals surface area contributed by atoms with Crippen LogP contribution in [0.15, 0.2) is 53.7 Å². The van der Waals surface area contributed by atoms with Crippen LogP contribution in [0.5, 0.6) is 0 Å². The number of amides is 2. The molecule has 7 nitrogen and oxygen atoms in total. The van der Waals surface area contributed by atoms with E-state index in [9.17, 15) is 9.59 Å². The van der Waals surface area contributed by atoms with Crippen molar-refractivity contribution in [2.45, 2.75) is 58.3 Å². The first-order valence-electron chi connectivity index (χ1n) is 11.1. The molecule has 8 heteroatoms. The van der Waals surface area contributed by atoms with Gasteiger partial charge in [0.05, 0.1) is 11.8 Å². The molecule has 0 fully saturated rings. The molecule has 1 heterocycles. The molecule has 0 unspecified atom stereocenters. The lowest BCUT2D eigenvalue weighted by molar-refractivity contribution is -0.113. The van der Waals surface area contributed by atoms with Crippen molar-refractivity contribution in [1.29, 1.82) is 0 Å². The number of benzene rings is 2. The first kappa shape index (κ1) is 24.5. The lowest BCUT2D eigenvalue weighted by Crippen LogP contribution is -2.29. The molecule has 2 amide bonds. The van der Waals surface area contributed by atoms with Crippen molar-refractivity contribution in [2.75, 3.05) is 11.1 Å². The maximum atomic E-state index is 12.7. The summed E-state index contributed by atoms with van der Waals surface area (Å²) in [5, 5.41) is 15.1. The molecule has 0 aliphatic carbocycles. The third kappa shape index (κ3) is 6.22. The highest BCUT2D eigenvalue weighted by Gasteiger charge is 2.20. The van der Waals surface area contributed by atoms with Crippen LogP contribution in [0.3, 0.4) is 0 Å². The van der Waals surface area contributed by atoms with Gasteiger partial charge in [0.1, 0.15) is 0 Å². The van der Waals surface area contributed by atoms with Gasteiger partial charge < -0.3 is 15.2 Å². The third-order valence-corrected chi connectivity index (χ3v) is 6.35. The second-order valence-electron chi connectivity index (χ2n) is 8.21. The molecule has 0 bridgehead atoms. The molecule has 0 aliphatic heterocycles. The summed E-state index contributed by atoms with van der Waals surface area (Å²) in [7, 11) is 0. The van der Waals surface area contributed by atoms with E-state index in [0.29, 0.717) is 29.0 Å². The van der Waals surface area contributed by atoms with E-state index < -0.39 is 0 Å². The van der Waals surface area contributed by atoms with Crippen molar-refractivity contribution in [3.8, 4) is 0 Å². The second-order valence-corrected chi connectivity index (χ2v) is 9.15. The zero-order valence-corrected chi connectivity index (χ0v) is 20.6. The summed E-state index contributed by atoms with van der Waals surface area (Å²) in [5.74, 6) is 1.07. The van der Waals surface area contributed by atoms with Crippen LogP contribution in [0.2, 0.25) is 0 Å². The fourth-order valence-corrected chi connectivity index (χ4v) is 4.28. The molecule has 33 heavy (non-hydrogen) atoms. The number of nitrogens with one attached hydrogen (secondary N) is 2. The molecule has 174 valence electrons. The molecule has 0 saturated heterocycles. The van der Waals surface area contributed by atoms with Crippen LogP contribution in [0.4, 0.5) is 5.69 Å². The number of nitrogens with zero attached hydrogens (tertiary/aromatic N) is 3. The number of hydrogen-bond donors (Lipinski definition) is 2. The summed E-state index contributed by atoms with van der Waals surface area (Å²) in [6.45, 7) is 10.7. The molecule has 0 aliphatic rings. The Kier molecular flexibility index (Phi) is 8.27. The van der Waals surface area contributed by atoms with Gasteiger partial charge in [-0.1, -0.05) is 55.9 Å². The Morgan fingerprint density at radius 3 is 2.36 bits per heavy atom. The molecule has 1 aromatic heterocycles. The predicted molar refractivity (Wildman–Crippen MR) is 133 cm³/mol. The molecule has 0 spiro atoms. The Labute approximate surface area is 199 Å². The van der Waals surface area contributed by atoms with Gasteiger partial charge in [-0.15, -0.1) is 10.2 Å². The number of aryl methyl sites for hydroxylation is 1. The normalized spacial score (nSPS) is 11.9. The van der Waals surface area contributed by atoms with Gasteiger partial charge in [-0.25, -0.2) is 0 Å². The zero-order chi connectivity index (χ0) is 24.0. The molecule has 3 aromatic rings. The standard InChI is InChI=1S/C25H31N5O2S/c1-6-30-23(18(5)26-24(32)21-10-8-7-9-17(21)4)28-29-25(30)33-15-22(31)27-20-13-11-19(12-14-20)16(2)3/h7-14,16,18H,6,15H2,1-5H3,(H,26,32)(H,27,31)/t18-/m0/s1. The van der Waals surface area contributed by atoms with Crippen molar-refractivity contribution in [3.05, 3.63) is 71.0 Å². The third-order valence-electron chi connectivity index (χ3n) is 5.38. The Morgan fingerprint density at radius 1 is 1.03 bits per heavy atom. The van der Waals surface area contributed by atoms with E-state index in [-0.39, 0.29) is 23.6 Å². The first-order valence-corrected chi connectivity index (χ1v) is 12.1. The number of hydrogen-bond acceptors (Lipinski definition) is 5. The largest absolute Gasteiger partial charge is 0.342 e. The number of carbonyl (C=O) groups excluding carboxylic acids is 2. The van der Waals surface area contributed by atoms with E-state index in [1.807, 2.05) is 67.8 Å². The van der Waals surface area contributed by atoms with Crippen LogP contribution in [0.1, 0.15) is 67.0 Å². The molecule has 0 saturated carbocycles. The SMILES string of the molecule is CCn1c(SCC(=O)Nc2ccc(C(C)C)cc2)nnc1[C@H](C)NC(=O)c1ccccc1C. The Balaban J connectivity index is 1.61. The van der Waals surface area contributed by atoms with E-state index in [0.717, 1.165) is 11.3 Å². The van der Waals surface area contributed by atoms with E-state index in [4.69, 9.17) is 0 Å². The number of rotatable bonds is 9. The van der Waals surface area contributed by atoms with E-state index in [1.54, 1.807) is 6.07 Å². The summed E-state index contributed by atoms with van der Waals surface area (Å²) < 4.78 is 1.93. The highest BCUT2D eigenvalue weighted by molar-refractivity contribution is 7.99. The summed E-state index contributed by atoms with van der Waals surface area (Å²) in [6, 6.07) is 15.0. The minimum Gasteiger partial charge on any atom is -0.342 e. The van der Waals surface area contributed by atoms with Gasteiger partial charge in [0.2, 0.25) is 5.91 Å². The van der Waals surface area contributed by atoms with E-state index in [1.165, 1.54) is 17.3 Å². The zero-order valence-electron chi connectivity index (χ0n) is 19.8. The van der Waals surface area contributed by atoms with Gasteiger partial charge in [-0.2, -0.15) is 0 Å². The highest BCUT2D eigenvalue weighted by atomic mass is 32.2. The predicted octanol–water partition coefficient (Wildman–Crippen LogP) is 4.95. The number of thioether (sulfide) groups is 1. The van der Waals surface area contributed by atoms with Crippen LogP contribution < -0.4 is 10.6 Å². The molecule has 1 atom stereocenters. The number of carbonyl (C=O) groups is 2. The van der Waals surface area contributed by atoms with Crippen molar-refractivity contribution in [1.82, 2.24) is 20.1 Å². The molecular formula is C25H31N5O2S. The van der Waals surface area contributed by atoms with Crippen LogP contribution in [0.25, 0.3) is 0 Å². The quantitative estimate of drug-likeness (QED) is 0.437. The van der Waals surface area contributed by atoms with E-state index in [2.05, 4.69) is 34.7 Å². The average Bonchev–Trinajstić information content (AvgIpc) is 3.21. The Hall–Kier alpha value is -3.13. The van der Waals surface area contributed by atoms with Crippen molar-refractivity contribution in [3.63, 3.8) is 0 Å². The van der Waals surface area contributed by atoms with Crippen molar-refractivity contribution in [2.24, 2.45) is 0 Å². The molecule has 2 N–H and O–H groups in total. The molecule has 3 rings (SSSR count).